The van der Waals surface area contributed by atoms with Gasteiger partial charge in [0.05, 0.1) is 12.0 Å². The predicted octanol–water partition coefficient (Wildman–Crippen LogP) is 2.92. The molecule has 1 heterocycles. The SMILES string of the molecule is Cc1ncn(CCCCCNCC(C)C)c1C. The van der Waals surface area contributed by atoms with Gasteiger partial charge in [-0.05, 0) is 45.7 Å². The summed E-state index contributed by atoms with van der Waals surface area (Å²) >= 11 is 0. The van der Waals surface area contributed by atoms with E-state index < -0.39 is 0 Å². The molecule has 98 valence electrons. The first-order valence-electron chi connectivity index (χ1n) is 6.80. The number of aromatic nitrogens is 2. The molecule has 0 aliphatic rings. The first-order valence-corrected chi connectivity index (χ1v) is 6.80. The molecule has 17 heavy (non-hydrogen) atoms. The van der Waals surface area contributed by atoms with Crippen LogP contribution in [0.25, 0.3) is 0 Å². The largest absolute Gasteiger partial charge is 0.335 e. The van der Waals surface area contributed by atoms with Crippen molar-refractivity contribution in [2.75, 3.05) is 13.1 Å². The van der Waals surface area contributed by atoms with E-state index in [4.69, 9.17) is 0 Å². The smallest absolute Gasteiger partial charge is 0.0951 e. The highest BCUT2D eigenvalue weighted by atomic mass is 15.0. The first kappa shape index (κ1) is 14.2. The molecule has 3 nitrogen and oxygen atoms in total. The zero-order chi connectivity index (χ0) is 12.7. The van der Waals surface area contributed by atoms with Gasteiger partial charge < -0.3 is 9.88 Å². The molecule has 0 aromatic carbocycles. The highest BCUT2D eigenvalue weighted by molar-refractivity contribution is 5.08. The molecular formula is C14H27N3. The Balaban J connectivity index is 2.03. The van der Waals surface area contributed by atoms with Crippen LogP contribution in [0.5, 0.6) is 0 Å². The van der Waals surface area contributed by atoms with Gasteiger partial charge in [0, 0.05) is 12.2 Å². The van der Waals surface area contributed by atoms with Crippen LogP contribution in [-0.2, 0) is 6.54 Å². The van der Waals surface area contributed by atoms with Crippen LogP contribution < -0.4 is 5.32 Å². The monoisotopic (exact) mass is 237 g/mol. The normalized spacial score (nSPS) is 11.4. The highest BCUT2D eigenvalue weighted by Crippen LogP contribution is 2.06. The van der Waals surface area contributed by atoms with E-state index in [-0.39, 0.29) is 0 Å². The van der Waals surface area contributed by atoms with Gasteiger partial charge in [0.1, 0.15) is 0 Å². The topological polar surface area (TPSA) is 29.9 Å². The van der Waals surface area contributed by atoms with Gasteiger partial charge in [0.2, 0.25) is 0 Å². The van der Waals surface area contributed by atoms with Crippen molar-refractivity contribution in [3.8, 4) is 0 Å². The van der Waals surface area contributed by atoms with Crippen molar-refractivity contribution in [1.82, 2.24) is 14.9 Å². The maximum Gasteiger partial charge on any atom is 0.0951 e. The molecule has 0 saturated heterocycles. The number of hydrogen-bond donors (Lipinski definition) is 1. The van der Waals surface area contributed by atoms with Gasteiger partial charge in [-0.3, -0.25) is 0 Å². The fourth-order valence-electron chi connectivity index (χ4n) is 1.87. The molecule has 1 N–H and O–H groups in total. The summed E-state index contributed by atoms with van der Waals surface area (Å²) in [6, 6.07) is 0. The highest BCUT2D eigenvalue weighted by Gasteiger charge is 2.00. The van der Waals surface area contributed by atoms with E-state index in [9.17, 15) is 0 Å². The summed E-state index contributed by atoms with van der Waals surface area (Å²) in [6.45, 7) is 12.1. The number of hydrogen-bond acceptors (Lipinski definition) is 2. The Morgan fingerprint density at radius 3 is 2.59 bits per heavy atom. The minimum absolute atomic E-state index is 0.756. The van der Waals surface area contributed by atoms with Crippen molar-refractivity contribution in [2.45, 2.75) is 53.5 Å². The minimum atomic E-state index is 0.756. The summed E-state index contributed by atoms with van der Waals surface area (Å²) in [5.41, 5.74) is 2.46. The van der Waals surface area contributed by atoms with Gasteiger partial charge in [0.15, 0.2) is 0 Å². The molecule has 0 bridgehead atoms. The second-order valence-corrected chi connectivity index (χ2v) is 5.27. The third kappa shape index (κ3) is 5.35. The second-order valence-electron chi connectivity index (χ2n) is 5.27. The van der Waals surface area contributed by atoms with Crippen LogP contribution in [-0.4, -0.2) is 22.6 Å². The molecule has 1 aromatic rings. The number of imidazole rings is 1. The lowest BCUT2D eigenvalue weighted by Crippen LogP contribution is -2.20. The number of nitrogens with zero attached hydrogens (tertiary/aromatic N) is 2. The molecule has 0 amide bonds. The van der Waals surface area contributed by atoms with Gasteiger partial charge in [-0.25, -0.2) is 4.98 Å². The number of aryl methyl sites for hydroxylation is 2. The second kappa shape index (κ2) is 7.49. The van der Waals surface area contributed by atoms with E-state index in [1.807, 2.05) is 6.33 Å². The Hall–Kier alpha value is -0.830. The summed E-state index contributed by atoms with van der Waals surface area (Å²) in [5, 5.41) is 3.48. The van der Waals surface area contributed by atoms with Gasteiger partial charge in [0.25, 0.3) is 0 Å². The molecule has 0 radical (unpaired) electrons. The maximum atomic E-state index is 4.31. The third-order valence-electron chi connectivity index (χ3n) is 3.15. The van der Waals surface area contributed by atoms with Crippen molar-refractivity contribution in [3.05, 3.63) is 17.7 Å². The van der Waals surface area contributed by atoms with E-state index >= 15 is 0 Å². The van der Waals surface area contributed by atoms with E-state index in [1.165, 1.54) is 25.0 Å². The van der Waals surface area contributed by atoms with Crippen molar-refractivity contribution < 1.29 is 0 Å². The Morgan fingerprint density at radius 2 is 2.00 bits per heavy atom. The molecule has 0 aliphatic carbocycles. The van der Waals surface area contributed by atoms with E-state index in [1.54, 1.807) is 0 Å². The predicted molar refractivity (Wildman–Crippen MR) is 73.3 cm³/mol. The quantitative estimate of drug-likeness (QED) is 0.705. The molecule has 0 spiro atoms. The van der Waals surface area contributed by atoms with Gasteiger partial charge in [-0.15, -0.1) is 0 Å². The molecule has 0 fully saturated rings. The zero-order valence-electron chi connectivity index (χ0n) is 11.8. The average molecular weight is 237 g/mol. The first-order chi connectivity index (χ1) is 8.11. The molecule has 0 atom stereocenters. The lowest BCUT2D eigenvalue weighted by molar-refractivity contribution is 0.516. The third-order valence-corrected chi connectivity index (χ3v) is 3.15. The number of nitrogens with one attached hydrogen (secondary N) is 1. The molecule has 0 unspecified atom stereocenters. The fraction of sp³-hybridized carbons (Fsp3) is 0.786. The molecule has 0 aliphatic heterocycles. The molecule has 1 rings (SSSR count). The Morgan fingerprint density at radius 1 is 1.24 bits per heavy atom. The summed E-state index contributed by atoms with van der Waals surface area (Å²) < 4.78 is 2.26. The molecule has 3 heteroatoms. The fourth-order valence-corrected chi connectivity index (χ4v) is 1.87. The lowest BCUT2D eigenvalue weighted by Gasteiger charge is -2.08. The van der Waals surface area contributed by atoms with Crippen LogP contribution in [0.4, 0.5) is 0 Å². The maximum absolute atomic E-state index is 4.31. The molecule has 0 saturated carbocycles. The van der Waals surface area contributed by atoms with Crippen molar-refractivity contribution in [1.29, 1.82) is 0 Å². The zero-order valence-corrected chi connectivity index (χ0v) is 11.8. The minimum Gasteiger partial charge on any atom is -0.335 e. The van der Waals surface area contributed by atoms with Crippen LogP contribution in [0, 0.1) is 19.8 Å². The van der Waals surface area contributed by atoms with Crippen molar-refractivity contribution >= 4 is 0 Å². The number of rotatable bonds is 8. The van der Waals surface area contributed by atoms with Crippen LogP contribution in [0.1, 0.15) is 44.5 Å². The van der Waals surface area contributed by atoms with Crippen LogP contribution in [0.15, 0.2) is 6.33 Å². The van der Waals surface area contributed by atoms with Crippen molar-refractivity contribution in [3.63, 3.8) is 0 Å². The van der Waals surface area contributed by atoms with Crippen molar-refractivity contribution in [2.24, 2.45) is 5.92 Å². The van der Waals surface area contributed by atoms with Gasteiger partial charge >= 0.3 is 0 Å². The number of unbranched alkanes of at least 4 members (excludes halogenated alkanes) is 2. The Kier molecular flexibility index (Phi) is 6.27. The average Bonchev–Trinajstić information content (AvgIpc) is 2.59. The van der Waals surface area contributed by atoms with Gasteiger partial charge in [-0.1, -0.05) is 20.3 Å². The Bertz CT molecular complexity index is 315. The summed E-state index contributed by atoms with van der Waals surface area (Å²) in [4.78, 5) is 4.31. The summed E-state index contributed by atoms with van der Waals surface area (Å²) in [5.74, 6) is 0.756. The van der Waals surface area contributed by atoms with E-state index in [0.29, 0.717) is 0 Å². The van der Waals surface area contributed by atoms with Crippen LogP contribution in [0.3, 0.4) is 0 Å². The molecule has 1 aromatic heterocycles. The Labute approximate surface area is 106 Å². The summed E-state index contributed by atoms with van der Waals surface area (Å²) in [7, 11) is 0. The van der Waals surface area contributed by atoms with Crippen LogP contribution >= 0.6 is 0 Å². The van der Waals surface area contributed by atoms with Gasteiger partial charge in [-0.2, -0.15) is 0 Å². The standard InChI is InChI=1S/C14H27N3/c1-12(2)10-15-8-6-5-7-9-17-11-16-13(3)14(17)4/h11-12,15H,5-10H2,1-4H3. The molecular weight excluding hydrogens is 210 g/mol. The van der Waals surface area contributed by atoms with Crippen LogP contribution in [0.2, 0.25) is 0 Å². The lowest BCUT2D eigenvalue weighted by atomic mass is 10.2. The summed E-state index contributed by atoms with van der Waals surface area (Å²) in [6.07, 6.45) is 5.78. The van der Waals surface area contributed by atoms with E-state index in [0.717, 1.165) is 31.2 Å². The van der Waals surface area contributed by atoms with E-state index in [2.05, 4.69) is 42.6 Å².